The Labute approximate surface area is 214 Å². The van der Waals surface area contributed by atoms with E-state index in [1.807, 2.05) is 12.1 Å². The lowest BCUT2D eigenvalue weighted by molar-refractivity contribution is -0.121. The van der Waals surface area contributed by atoms with Crippen LogP contribution in [0.1, 0.15) is 45.1 Å². The number of carbonyl (C=O) groups is 1. The summed E-state index contributed by atoms with van der Waals surface area (Å²) in [5, 5.41) is 8.07. The van der Waals surface area contributed by atoms with Crippen LogP contribution in [0.4, 0.5) is 5.69 Å². The molecule has 0 radical (unpaired) electrons. The summed E-state index contributed by atoms with van der Waals surface area (Å²) in [6, 6.07) is 11.3. The van der Waals surface area contributed by atoms with E-state index in [-0.39, 0.29) is 17.2 Å². The highest BCUT2D eigenvalue weighted by molar-refractivity contribution is 6.44. The van der Waals surface area contributed by atoms with Gasteiger partial charge in [0.15, 0.2) is 0 Å². The van der Waals surface area contributed by atoms with Crippen molar-refractivity contribution in [1.82, 2.24) is 15.0 Å². The quantitative estimate of drug-likeness (QED) is 0.372. The van der Waals surface area contributed by atoms with E-state index in [2.05, 4.69) is 53.3 Å². The minimum atomic E-state index is -0.188. The van der Waals surface area contributed by atoms with Gasteiger partial charge >= 0.3 is 0 Å². The fourth-order valence-electron chi connectivity index (χ4n) is 4.01. The number of aromatic nitrogens is 2. The highest BCUT2D eigenvalue weighted by Gasteiger charge is 2.27. The van der Waals surface area contributed by atoms with Crippen molar-refractivity contribution in [3.05, 3.63) is 62.9 Å². The summed E-state index contributed by atoms with van der Waals surface area (Å²) in [6.45, 7) is 8.47. The second-order valence-electron chi connectivity index (χ2n) is 9.65. The molecule has 180 valence electrons. The number of nitrogens with one attached hydrogen (secondary N) is 1. The summed E-state index contributed by atoms with van der Waals surface area (Å²) >= 11 is 18.3. The molecule has 2 aromatic carbocycles. The van der Waals surface area contributed by atoms with Crippen LogP contribution in [0.2, 0.25) is 15.1 Å². The first-order chi connectivity index (χ1) is 16.1. The van der Waals surface area contributed by atoms with Crippen LogP contribution >= 0.6 is 34.8 Å². The minimum Gasteiger partial charge on any atom is -0.338 e. The van der Waals surface area contributed by atoms with E-state index < -0.39 is 0 Å². The van der Waals surface area contributed by atoms with Crippen molar-refractivity contribution in [3.8, 4) is 11.4 Å². The zero-order valence-corrected chi connectivity index (χ0v) is 21.6. The van der Waals surface area contributed by atoms with Crippen molar-refractivity contribution in [1.29, 1.82) is 0 Å². The van der Waals surface area contributed by atoms with E-state index in [9.17, 15) is 4.79 Å². The molecule has 1 aliphatic heterocycles. The van der Waals surface area contributed by atoms with E-state index in [0.717, 1.165) is 24.9 Å². The molecule has 34 heavy (non-hydrogen) atoms. The standard InChI is InChI=1S/C25H27Cl3N4O2/c1-25(2,3)17-8-6-15(7-9-17)23-30-22(34-31-23)14-32-10-4-5-16(13-32)24(33)29-21-12-19(27)18(26)11-20(21)28/h6-9,11-12,16H,4-5,10,13-14H2,1-3H3,(H,29,33). The van der Waals surface area contributed by atoms with E-state index in [1.165, 1.54) is 11.6 Å². The van der Waals surface area contributed by atoms with Gasteiger partial charge in [-0.3, -0.25) is 9.69 Å². The Hall–Kier alpha value is -2.12. The number of hydrogen-bond acceptors (Lipinski definition) is 5. The maximum absolute atomic E-state index is 12.9. The first kappa shape index (κ1) is 25.0. The number of carbonyl (C=O) groups excluding carboxylic acids is 1. The van der Waals surface area contributed by atoms with E-state index in [4.69, 9.17) is 39.3 Å². The van der Waals surface area contributed by atoms with E-state index in [1.54, 1.807) is 6.07 Å². The highest BCUT2D eigenvalue weighted by atomic mass is 35.5. The summed E-state index contributed by atoms with van der Waals surface area (Å²) in [5.74, 6) is 0.807. The monoisotopic (exact) mass is 520 g/mol. The Morgan fingerprint density at radius 3 is 2.53 bits per heavy atom. The van der Waals surface area contributed by atoms with Gasteiger partial charge in [-0.1, -0.05) is 85.0 Å². The van der Waals surface area contributed by atoms with Gasteiger partial charge < -0.3 is 9.84 Å². The van der Waals surface area contributed by atoms with Gasteiger partial charge in [0, 0.05) is 12.1 Å². The van der Waals surface area contributed by atoms with Crippen LogP contribution in [0.3, 0.4) is 0 Å². The molecule has 9 heteroatoms. The lowest BCUT2D eigenvalue weighted by Crippen LogP contribution is -2.40. The fourth-order valence-corrected chi connectivity index (χ4v) is 4.61. The molecule has 1 aromatic heterocycles. The number of hydrogen-bond donors (Lipinski definition) is 1. The van der Waals surface area contributed by atoms with Gasteiger partial charge in [-0.2, -0.15) is 4.98 Å². The molecule has 3 aromatic rings. The van der Waals surface area contributed by atoms with Crippen molar-refractivity contribution in [3.63, 3.8) is 0 Å². The molecule has 0 bridgehead atoms. The number of nitrogens with zero attached hydrogens (tertiary/aromatic N) is 3. The van der Waals surface area contributed by atoms with Gasteiger partial charge in [0.25, 0.3) is 0 Å². The van der Waals surface area contributed by atoms with Gasteiger partial charge in [0.1, 0.15) is 0 Å². The molecular formula is C25H27Cl3N4O2. The first-order valence-electron chi connectivity index (χ1n) is 11.2. The first-order valence-corrected chi connectivity index (χ1v) is 12.3. The van der Waals surface area contributed by atoms with Gasteiger partial charge in [-0.05, 0) is 42.5 Å². The van der Waals surface area contributed by atoms with Crippen molar-refractivity contribution >= 4 is 46.4 Å². The number of piperidine rings is 1. The van der Waals surface area contributed by atoms with Crippen molar-refractivity contribution in [2.24, 2.45) is 5.92 Å². The number of benzene rings is 2. The van der Waals surface area contributed by atoms with Crippen LogP contribution in [0.15, 0.2) is 40.9 Å². The second-order valence-corrected chi connectivity index (χ2v) is 10.9. The zero-order chi connectivity index (χ0) is 24.5. The largest absolute Gasteiger partial charge is 0.338 e. The molecule has 1 amide bonds. The van der Waals surface area contributed by atoms with Crippen LogP contribution in [-0.2, 0) is 16.8 Å². The number of amides is 1. The van der Waals surface area contributed by atoms with Gasteiger partial charge in [0.2, 0.25) is 17.6 Å². The third-order valence-corrected chi connectivity index (χ3v) is 7.02. The Morgan fingerprint density at radius 2 is 1.82 bits per heavy atom. The predicted octanol–water partition coefficient (Wildman–Crippen LogP) is 6.85. The molecule has 2 heterocycles. The summed E-state index contributed by atoms with van der Waals surface area (Å²) in [6.07, 6.45) is 1.68. The van der Waals surface area contributed by atoms with Crippen LogP contribution in [0, 0.1) is 5.92 Å². The maximum Gasteiger partial charge on any atom is 0.241 e. The molecule has 0 spiro atoms. The van der Waals surface area contributed by atoms with Crippen molar-refractivity contribution < 1.29 is 9.32 Å². The molecule has 1 aliphatic rings. The smallest absolute Gasteiger partial charge is 0.241 e. The molecule has 1 atom stereocenters. The molecule has 0 saturated carbocycles. The fraction of sp³-hybridized carbons (Fsp3) is 0.400. The Morgan fingerprint density at radius 1 is 1.12 bits per heavy atom. The third-order valence-electron chi connectivity index (χ3n) is 5.98. The third kappa shape index (κ3) is 5.92. The molecule has 1 saturated heterocycles. The molecular weight excluding hydrogens is 495 g/mol. The van der Waals surface area contributed by atoms with E-state index >= 15 is 0 Å². The number of rotatable bonds is 5. The van der Waals surface area contributed by atoms with Crippen LogP contribution in [-0.4, -0.2) is 34.0 Å². The topological polar surface area (TPSA) is 71.3 Å². The molecule has 1 N–H and O–H groups in total. The number of halogens is 3. The van der Waals surface area contributed by atoms with Gasteiger partial charge in [-0.25, -0.2) is 0 Å². The Balaban J connectivity index is 1.38. The summed E-state index contributed by atoms with van der Waals surface area (Å²) in [7, 11) is 0. The Kier molecular flexibility index (Phi) is 7.53. The lowest BCUT2D eigenvalue weighted by atomic mass is 9.87. The number of anilines is 1. The van der Waals surface area contributed by atoms with Crippen molar-refractivity contribution in [2.75, 3.05) is 18.4 Å². The second kappa shape index (κ2) is 10.2. The molecule has 0 aliphatic carbocycles. The predicted molar refractivity (Wildman–Crippen MR) is 137 cm³/mol. The maximum atomic E-state index is 12.9. The lowest BCUT2D eigenvalue weighted by Gasteiger charge is -2.31. The average molecular weight is 522 g/mol. The molecule has 1 unspecified atom stereocenters. The van der Waals surface area contributed by atoms with Crippen LogP contribution in [0.25, 0.3) is 11.4 Å². The summed E-state index contributed by atoms with van der Waals surface area (Å²) in [5.41, 5.74) is 2.71. The summed E-state index contributed by atoms with van der Waals surface area (Å²) < 4.78 is 5.50. The van der Waals surface area contributed by atoms with Gasteiger partial charge in [-0.15, -0.1) is 0 Å². The van der Waals surface area contributed by atoms with Crippen LogP contribution < -0.4 is 5.32 Å². The number of likely N-dealkylation sites (tertiary alicyclic amines) is 1. The van der Waals surface area contributed by atoms with Gasteiger partial charge in [0.05, 0.1) is 33.2 Å². The zero-order valence-electron chi connectivity index (χ0n) is 19.4. The molecule has 4 rings (SSSR count). The molecule has 6 nitrogen and oxygen atoms in total. The van der Waals surface area contributed by atoms with Crippen molar-refractivity contribution in [2.45, 2.75) is 45.6 Å². The minimum absolute atomic E-state index is 0.0865. The normalized spacial score (nSPS) is 17.1. The Bertz CT molecular complexity index is 1170. The SMILES string of the molecule is CC(C)(C)c1ccc(-c2noc(CN3CCCC(C(=O)Nc4cc(Cl)c(Cl)cc4Cl)C3)n2)cc1. The average Bonchev–Trinajstić information content (AvgIpc) is 3.25. The summed E-state index contributed by atoms with van der Waals surface area (Å²) in [4.78, 5) is 19.6. The van der Waals surface area contributed by atoms with Crippen LogP contribution in [0.5, 0.6) is 0 Å². The van der Waals surface area contributed by atoms with E-state index in [0.29, 0.717) is 45.6 Å². The molecule has 1 fully saturated rings. The highest BCUT2D eigenvalue weighted by Crippen LogP contribution is 2.33.